The molecule has 21 heavy (non-hydrogen) atoms. The third-order valence-electron chi connectivity index (χ3n) is 3.82. The highest BCUT2D eigenvalue weighted by Gasteiger charge is 2.23. The molecular formula is C16H17Br2NOS. The molecule has 1 N–H and O–H groups in total. The van der Waals surface area contributed by atoms with Crippen LogP contribution in [0, 0.1) is 0 Å². The Labute approximate surface area is 146 Å². The molecule has 0 aliphatic heterocycles. The third-order valence-corrected chi connectivity index (χ3v) is 6.28. The molecule has 1 aliphatic carbocycles. The molecule has 0 saturated heterocycles. The average Bonchev–Trinajstić information content (AvgIpc) is 2.84. The molecule has 3 rings (SSSR count). The Morgan fingerprint density at radius 3 is 3.05 bits per heavy atom. The monoisotopic (exact) mass is 429 g/mol. The molecule has 0 saturated carbocycles. The smallest absolute Gasteiger partial charge is 0.0744 e. The van der Waals surface area contributed by atoms with Gasteiger partial charge in [-0.25, -0.2) is 0 Å². The molecule has 0 radical (unpaired) electrons. The fourth-order valence-electron chi connectivity index (χ4n) is 2.84. The summed E-state index contributed by atoms with van der Waals surface area (Å²) in [6, 6.07) is 8.92. The fourth-order valence-corrected chi connectivity index (χ4v) is 5.14. The lowest BCUT2D eigenvalue weighted by Gasteiger charge is -2.26. The number of thiophene rings is 1. The zero-order valence-electron chi connectivity index (χ0n) is 11.8. The van der Waals surface area contributed by atoms with Crippen molar-refractivity contribution in [1.29, 1.82) is 0 Å². The summed E-state index contributed by atoms with van der Waals surface area (Å²) in [4.78, 5) is 1.51. The minimum Gasteiger partial charge on any atom is -0.380 e. The van der Waals surface area contributed by atoms with Gasteiger partial charge in [0.25, 0.3) is 0 Å². The molecule has 0 bridgehead atoms. The quantitative estimate of drug-likeness (QED) is 0.650. The van der Waals surface area contributed by atoms with Crippen molar-refractivity contribution in [3.8, 4) is 0 Å². The Morgan fingerprint density at radius 2 is 2.24 bits per heavy atom. The van der Waals surface area contributed by atoms with Gasteiger partial charge in [0.05, 0.1) is 16.4 Å². The summed E-state index contributed by atoms with van der Waals surface area (Å²) in [7, 11) is 1.73. The Hall–Kier alpha value is -0.360. The number of hydrogen-bond donors (Lipinski definition) is 1. The first-order valence-electron chi connectivity index (χ1n) is 7.00. The van der Waals surface area contributed by atoms with Crippen molar-refractivity contribution in [3.05, 3.63) is 48.5 Å². The van der Waals surface area contributed by atoms with E-state index in [1.165, 1.54) is 39.1 Å². The fraction of sp³-hybridized carbons (Fsp3) is 0.375. The summed E-state index contributed by atoms with van der Waals surface area (Å²) in [6.07, 6.45) is 3.62. The van der Waals surface area contributed by atoms with Gasteiger partial charge in [-0.1, -0.05) is 22.0 Å². The second-order valence-electron chi connectivity index (χ2n) is 5.22. The van der Waals surface area contributed by atoms with Crippen LogP contribution in [0.3, 0.4) is 0 Å². The molecule has 0 fully saturated rings. The number of anilines is 1. The van der Waals surface area contributed by atoms with Gasteiger partial charge in [-0.05, 0) is 59.0 Å². The maximum atomic E-state index is 5.34. The number of fused-ring (bicyclic) bond motifs is 1. The van der Waals surface area contributed by atoms with Crippen LogP contribution in [0.2, 0.25) is 0 Å². The van der Waals surface area contributed by atoms with Crippen molar-refractivity contribution in [2.24, 2.45) is 0 Å². The molecule has 2 aromatic rings. The predicted octanol–water partition coefficient (Wildman–Crippen LogP) is 5.91. The number of ether oxygens (including phenoxy) is 1. The van der Waals surface area contributed by atoms with Gasteiger partial charge in [-0.2, -0.15) is 0 Å². The van der Waals surface area contributed by atoms with Gasteiger partial charge in [-0.15, -0.1) is 11.3 Å². The molecule has 1 aromatic heterocycles. The maximum Gasteiger partial charge on any atom is 0.0744 e. The van der Waals surface area contributed by atoms with E-state index in [0.717, 1.165) is 10.2 Å². The first-order valence-corrected chi connectivity index (χ1v) is 9.40. The van der Waals surface area contributed by atoms with Gasteiger partial charge in [-0.3, -0.25) is 0 Å². The van der Waals surface area contributed by atoms with Gasteiger partial charge in [0.1, 0.15) is 0 Å². The molecule has 0 amide bonds. The predicted molar refractivity (Wildman–Crippen MR) is 96.2 cm³/mol. The number of methoxy groups -OCH3 is 1. The molecule has 5 heteroatoms. The van der Waals surface area contributed by atoms with E-state index >= 15 is 0 Å². The van der Waals surface area contributed by atoms with E-state index in [1.807, 2.05) is 11.3 Å². The van der Waals surface area contributed by atoms with E-state index < -0.39 is 0 Å². The molecule has 1 heterocycles. The van der Waals surface area contributed by atoms with Gasteiger partial charge in [0.2, 0.25) is 0 Å². The van der Waals surface area contributed by atoms with Crippen LogP contribution in [0.4, 0.5) is 5.69 Å². The van der Waals surface area contributed by atoms with Crippen molar-refractivity contribution in [1.82, 2.24) is 0 Å². The maximum absolute atomic E-state index is 5.34. The van der Waals surface area contributed by atoms with Crippen molar-refractivity contribution in [3.63, 3.8) is 0 Å². The minimum atomic E-state index is 0.390. The first-order chi connectivity index (χ1) is 10.2. The van der Waals surface area contributed by atoms with Crippen LogP contribution in [-0.4, -0.2) is 7.11 Å². The zero-order valence-corrected chi connectivity index (χ0v) is 15.8. The Balaban J connectivity index is 1.89. The van der Waals surface area contributed by atoms with E-state index in [9.17, 15) is 0 Å². The van der Waals surface area contributed by atoms with E-state index in [2.05, 4.69) is 61.4 Å². The SMILES string of the molecule is COCc1c(Br)cccc1NC1CCCc2sc(Br)cc21. The highest BCUT2D eigenvalue weighted by molar-refractivity contribution is 9.11. The van der Waals surface area contributed by atoms with Crippen LogP contribution in [-0.2, 0) is 17.8 Å². The Kier molecular flexibility index (Phi) is 5.04. The lowest BCUT2D eigenvalue weighted by molar-refractivity contribution is 0.185. The highest BCUT2D eigenvalue weighted by Crippen LogP contribution is 2.40. The standard InChI is InChI=1S/C16H17Br2NOS/c1-20-9-11-12(17)4-2-5-14(11)19-13-6-3-7-15-10(13)8-16(18)21-15/h2,4-5,8,13,19H,3,6-7,9H2,1H3. The molecule has 0 spiro atoms. The summed E-state index contributed by atoms with van der Waals surface area (Å²) in [6.45, 7) is 0.608. The van der Waals surface area contributed by atoms with Crippen molar-refractivity contribution in [2.75, 3.05) is 12.4 Å². The molecule has 2 nitrogen and oxygen atoms in total. The van der Waals surface area contributed by atoms with Gasteiger partial charge in [0.15, 0.2) is 0 Å². The molecular weight excluding hydrogens is 414 g/mol. The summed E-state index contributed by atoms with van der Waals surface area (Å²) in [5.74, 6) is 0. The van der Waals surface area contributed by atoms with Crippen LogP contribution in [0.15, 0.2) is 32.5 Å². The lowest BCUT2D eigenvalue weighted by atomic mass is 9.93. The number of nitrogens with one attached hydrogen (secondary N) is 1. The molecule has 1 unspecified atom stereocenters. The van der Waals surface area contributed by atoms with Crippen LogP contribution in [0.1, 0.15) is 34.9 Å². The van der Waals surface area contributed by atoms with E-state index in [0.29, 0.717) is 12.6 Å². The van der Waals surface area contributed by atoms with Crippen LogP contribution in [0.25, 0.3) is 0 Å². The van der Waals surface area contributed by atoms with Gasteiger partial charge in [0, 0.05) is 27.7 Å². The summed E-state index contributed by atoms with van der Waals surface area (Å²) >= 11 is 9.11. The first kappa shape index (κ1) is 15.5. The summed E-state index contributed by atoms with van der Waals surface area (Å²) < 4.78 is 7.66. The van der Waals surface area contributed by atoms with Gasteiger partial charge < -0.3 is 10.1 Å². The van der Waals surface area contributed by atoms with Crippen LogP contribution in [0.5, 0.6) is 0 Å². The largest absolute Gasteiger partial charge is 0.380 e. The number of benzene rings is 1. The van der Waals surface area contributed by atoms with E-state index in [4.69, 9.17) is 4.74 Å². The zero-order chi connectivity index (χ0) is 14.8. The van der Waals surface area contributed by atoms with E-state index in [1.54, 1.807) is 7.11 Å². The third kappa shape index (κ3) is 3.36. The summed E-state index contributed by atoms with van der Waals surface area (Å²) in [5, 5.41) is 3.72. The second-order valence-corrected chi connectivity index (χ2v) is 8.59. The van der Waals surface area contributed by atoms with Crippen molar-refractivity contribution >= 4 is 48.9 Å². The number of hydrogen-bond acceptors (Lipinski definition) is 3. The molecule has 112 valence electrons. The van der Waals surface area contributed by atoms with Crippen LogP contribution >= 0.6 is 43.2 Å². The van der Waals surface area contributed by atoms with Crippen molar-refractivity contribution < 1.29 is 4.74 Å². The Bertz CT molecular complexity index is 641. The number of rotatable bonds is 4. The minimum absolute atomic E-state index is 0.390. The molecule has 1 aliphatic rings. The second kappa shape index (κ2) is 6.82. The van der Waals surface area contributed by atoms with E-state index in [-0.39, 0.29) is 0 Å². The topological polar surface area (TPSA) is 21.3 Å². The van der Waals surface area contributed by atoms with Gasteiger partial charge >= 0.3 is 0 Å². The van der Waals surface area contributed by atoms with Crippen LogP contribution < -0.4 is 5.32 Å². The van der Waals surface area contributed by atoms with Crippen molar-refractivity contribution in [2.45, 2.75) is 31.9 Å². The highest BCUT2D eigenvalue weighted by atomic mass is 79.9. The molecule has 1 aromatic carbocycles. The normalized spacial score (nSPS) is 17.6. The molecule has 1 atom stereocenters. The average molecular weight is 431 g/mol. The Morgan fingerprint density at radius 1 is 1.38 bits per heavy atom. The number of aryl methyl sites for hydroxylation is 1. The lowest BCUT2D eigenvalue weighted by Crippen LogP contribution is -2.16. The summed E-state index contributed by atoms with van der Waals surface area (Å²) in [5.41, 5.74) is 3.79. The number of halogens is 2.